The van der Waals surface area contributed by atoms with Gasteiger partial charge >= 0.3 is 11.8 Å². The maximum absolute atomic E-state index is 12.6. The molecule has 12 heteroatoms. The van der Waals surface area contributed by atoms with Crippen molar-refractivity contribution in [1.29, 1.82) is 0 Å². The maximum Gasteiger partial charge on any atom is 0.519 e. The number of benzene rings is 2. The number of carbonyl (C=O) groups excluding carboxylic acids is 3. The van der Waals surface area contributed by atoms with E-state index in [-0.39, 0.29) is 41.0 Å². The number of aromatic nitrogens is 1. The van der Waals surface area contributed by atoms with E-state index in [9.17, 15) is 19.2 Å². The summed E-state index contributed by atoms with van der Waals surface area (Å²) in [5, 5.41) is 5.48. The monoisotopic (exact) mass is 551 g/mol. The summed E-state index contributed by atoms with van der Waals surface area (Å²) in [5.41, 5.74) is 2.49. The van der Waals surface area contributed by atoms with Crippen LogP contribution in [0.2, 0.25) is 5.02 Å². The second kappa shape index (κ2) is 12.7. The molecular weight excluding hydrogens is 530 g/mol. The van der Waals surface area contributed by atoms with E-state index in [1.165, 1.54) is 25.1 Å². The van der Waals surface area contributed by atoms with E-state index in [1.54, 1.807) is 24.5 Å². The number of nitrogens with zero attached hydrogens (tertiary/aromatic N) is 1. The predicted molar refractivity (Wildman–Crippen MR) is 140 cm³/mol. The predicted octanol–water partition coefficient (Wildman–Crippen LogP) is 4.21. The van der Waals surface area contributed by atoms with Gasteiger partial charge in [0.2, 0.25) is 11.8 Å². The molecule has 4 aromatic rings. The molecule has 2 heterocycles. The molecule has 11 nitrogen and oxygen atoms in total. The van der Waals surface area contributed by atoms with Crippen molar-refractivity contribution in [2.75, 3.05) is 23.8 Å². The molecule has 0 atom stereocenters. The highest BCUT2D eigenvalue weighted by Gasteiger charge is 2.18. The second-order valence-electron chi connectivity index (χ2n) is 8.11. The minimum Gasteiger partial charge on any atom is -0.454 e. The van der Waals surface area contributed by atoms with Crippen LogP contribution in [0, 0.1) is 6.92 Å². The zero-order chi connectivity index (χ0) is 27.8. The molecule has 0 aliphatic heterocycles. The van der Waals surface area contributed by atoms with Crippen LogP contribution in [0.4, 0.5) is 11.4 Å². The number of aryl methyl sites for hydroxylation is 1. The lowest BCUT2D eigenvalue weighted by molar-refractivity contribution is -0.125. The molecule has 0 saturated heterocycles. The average molecular weight is 552 g/mol. The Hall–Kier alpha value is -4.74. The zero-order valence-corrected chi connectivity index (χ0v) is 21.3. The Morgan fingerprint density at radius 3 is 2.38 bits per heavy atom. The van der Waals surface area contributed by atoms with Crippen LogP contribution in [0.1, 0.15) is 21.9 Å². The zero-order valence-electron chi connectivity index (χ0n) is 20.6. The van der Waals surface area contributed by atoms with Crippen molar-refractivity contribution in [2.45, 2.75) is 13.5 Å². The van der Waals surface area contributed by atoms with Crippen LogP contribution in [0.5, 0.6) is 0 Å². The molecule has 2 aromatic carbocycles. The molecule has 0 spiro atoms. The van der Waals surface area contributed by atoms with Crippen molar-refractivity contribution < 1.29 is 32.7 Å². The number of pyridine rings is 1. The molecule has 0 unspecified atom stereocenters. The number of amides is 2. The SMILES string of the molecule is Cc1oc(=O)oc1COC(=O)c1cc(Cl)ccc1NC(=O)COCC(=O)Nc1cccc(-c2ccncc2)c1. The van der Waals surface area contributed by atoms with E-state index >= 15 is 0 Å². The summed E-state index contributed by atoms with van der Waals surface area (Å²) in [6, 6.07) is 15.2. The van der Waals surface area contributed by atoms with E-state index < -0.39 is 30.2 Å². The van der Waals surface area contributed by atoms with E-state index in [0.29, 0.717) is 5.69 Å². The van der Waals surface area contributed by atoms with Gasteiger partial charge < -0.3 is 28.9 Å². The first-order chi connectivity index (χ1) is 18.8. The minimum absolute atomic E-state index is 0.0360. The van der Waals surface area contributed by atoms with Gasteiger partial charge in [-0.1, -0.05) is 23.7 Å². The number of hydrogen-bond donors (Lipinski definition) is 2. The van der Waals surface area contributed by atoms with Crippen molar-refractivity contribution in [3.05, 3.63) is 99.7 Å². The average Bonchev–Trinajstić information content (AvgIpc) is 3.25. The number of anilines is 2. The van der Waals surface area contributed by atoms with Gasteiger partial charge in [0, 0.05) is 23.1 Å². The van der Waals surface area contributed by atoms with Gasteiger partial charge in [-0.25, -0.2) is 9.59 Å². The van der Waals surface area contributed by atoms with Crippen molar-refractivity contribution in [3.63, 3.8) is 0 Å². The summed E-state index contributed by atoms with van der Waals surface area (Å²) in [6.07, 6.45) is 3.36. The lowest BCUT2D eigenvalue weighted by Crippen LogP contribution is -2.24. The topological polar surface area (TPSA) is 150 Å². The highest BCUT2D eigenvalue weighted by atomic mass is 35.5. The molecule has 39 heavy (non-hydrogen) atoms. The number of rotatable bonds is 10. The van der Waals surface area contributed by atoms with Gasteiger partial charge in [-0.15, -0.1) is 0 Å². The Balaban J connectivity index is 1.28. The van der Waals surface area contributed by atoms with E-state index in [4.69, 9.17) is 29.9 Å². The van der Waals surface area contributed by atoms with Gasteiger partial charge in [-0.3, -0.25) is 14.6 Å². The Bertz CT molecular complexity index is 1550. The third-order valence-corrected chi connectivity index (χ3v) is 5.51. The molecule has 200 valence electrons. The highest BCUT2D eigenvalue weighted by Crippen LogP contribution is 2.23. The van der Waals surface area contributed by atoms with Gasteiger partial charge in [-0.2, -0.15) is 0 Å². The molecule has 0 aliphatic carbocycles. The minimum atomic E-state index is -0.915. The van der Waals surface area contributed by atoms with Crippen molar-refractivity contribution >= 4 is 40.8 Å². The summed E-state index contributed by atoms with van der Waals surface area (Å²) >= 11 is 6.01. The largest absolute Gasteiger partial charge is 0.519 e. The molecule has 2 N–H and O–H groups in total. The highest BCUT2D eigenvalue weighted by molar-refractivity contribution is 6.31. The first kappa shape index (κ1) is 27.3. The van der Waals surface area contributed by atoms with Gasteiger partial charge in [-0.05, 0) is 60.5 Å². The third-order valence-electron chi connectivity index (χ3n) is 5.27. The van der Waals surface area contributed by atoms with Crippen LogP contribution in [0.25, 0.3) is 11.1 Å². The van der Waals surface area contributed by atoms with Gasteiger partial charge in [0.05, 0.1) is 11.3 Å². The molecule has 0 aliphatic rings. The molecule has 0 saturated carbocycles. The number of hydrogen-bond acceptors (Lipinski definition) is 9. The fraction of sp³-hybridized carbons (Fsp3) is 0.148. The third kappa shape index (κ3) is 7.63. The lowest BCUT2D eigenvalue weighted by Gasteiger charge is -2.12. The Morgan fingerprint density at radius 1 is 0.923 bits per heavy atom. The Labute approximate surface area is 226 Å². The Kier molecular flexibility index (Phi) is 8.87. The van der Waals surface area contributed by atoms with Crippen LogP contribution < -0.4 is 16.5 Å². The summed E-state index contributed by atoms with van der Waals surface area (Å²) in [5.74, 6) is -2.58. The van der Waals surface area contributed by atoms with Crippen LogP contribution in [0.15, 0.2) is 80.6 Å². The summed E-state index contributed by atoms with van der Waals surface area (Å²) in [6.45, 7) is 0.289. The van der Waals surface area contributed by atoms with Crippen molar-refractivity contribution in [1.82, 2.24) is 4.98 Å². The first-order valence-electron chi connectivity index (χ1n) is 11.5. The van der Waals surface area contributed by atoms with Crippen LogP contribution in [0.3, 0.4) is 0 Å². The van der Waals surface area contributed by atoms with E-state index in [0.717, 1.165) is 11.1 Å². The van der Waals surface area contributed by atoms with E-state index in [2.05, 4.69) is 15.6 Å². The van der Waals surface area contributed by atoms with Crippen LogP contribution in [-0.4, -0.2) is 36.0 Å². The molecular formula is C27H22ClN3O8. The van der Waals surface area contributed by atoms with Crippen LogP contribution in [-0.2, 0) is 25.7 Å². The fourth-order valence-corrected chi connectivity index (χ4v) is 3.62. The second-order valence-corrected chi connectivity index (χ2v) is 8.54. The van der Waals surface area contributed by atoms with Crippen molar-refractivity contribution in [3.8, 4) is 11.1 Å². The smallest absolute Gasteiger partial charge is 0.454 e. The quantitative estimate of drug-likeness (QED) is 0.276. The standard InChI is InChI=1S/C27H22ClN3O8/c1-16-23(39-27(35)38-16)13-37-26(34)21-12-19(28)5-6-22(21)31-25(33)15-36-14-24(32)30-20-4-2-3-18(11-20)17-7-9-29-10-8-17/h2-12H,13-15H2,1H3,(H,30,32)(H,31,33). The maximum atomic E-state index is 12.6. The molecule has 0 bridgehead atoms. The number of esters is 1. The fourth-order valence-electron chi connectivity index (χ4n) is 3.45. The molecule has 2 aromatic heterocycles. The summed E-state index contributed by atoms with van der Waals surface area (Å²) in [4.78, 5) is 52.5. The number of halogens is 1. The molecule has 2 amide bonds. The first-order valence-corrected chi connectivity index (χ1v) is 11.9. The van der Waals surface area contributed by atoms with E-state index in [1.807, 2.05) is 24.3 Å². The number of nitrogens with one attached hydrogen (secondary N) is 2. The normalized spacial score (nSPS) is 10.6. The van der Waals surface area contributed by atoms with Gasteiger partial charge in [0.15, 0.2) is 18.1 Å². The van der Waals surface area contributed by atoms with Crippen molar-refractivity contribution in [2.24, 2.45) is 0 Å². The lowest BCUT2D eigenvalue weighted by atomic mass is 10.1. The molecule has 4 rings (SSSR count). The number of carbonyl (C=O) groups is 3. The molecule has 0 radical (unpaired) electrons. The van der Waals surface area contributed by atoms with Gasteiger partial charge in [0.1, 0.15) is 13.2 Å². The van der Waals surface area contributed by atoms with Gasteiger partial charge in [0.25, 0.3) is 0 Å². The Morgan fingerprint density at radius 2 is 1.67 bits per heavy atom. The summed E-state index contributed by atoms with van der Waals surface area (Å²) < 4.78 is 19.9. The summed E-state index contributed by atoms with van der Waals surface area (Å²) in [7, 11) is 0. The molecule has 0 fully saturated rings. The number of ether oxygens (including phenoxy) is 2. The van der Waals surface area contributed by atoms with Crippen LogP contribution >= 0.6 is 11.6 Å².